The number of aryl methyl sites for hydroxylation is 1. The number of imidazole rings is 1. The highest BCUT2D eigenvalue weighted by molar-refractivity contribution is 5.85. The van der Waals surface area contributed by atoms with Crippen molar-refractivity contribution in [2.24, 2.45) is 5.73 Å². The van der Waals surface area contributed by atoms with Gasteiger partial charge in [0.2, 0.25) is 0 Å². The Morgan fingerprint density at radius 3 is 2.67 bits per heavy atom. The molecule has 0 aliphatic carbocycles. The first-order chi connectivity index (χ1) is 10.4. The fourth-order valence-electron chi connectivity index (χ4n) is 2.14. The van der Waals surface area contributed by atoms with Crippen LogP contribution in [-0.4, -0.2) is 31.6 Å². The number of benzene rings is 1. The first-order valence-electron chi connectivity index (χ1n) is 6.59. The van der Waals surface area contributed by atoms with Crippen molar-refractivity contribution in [1.29, 1.82) is 0 Å². The van der Waals surface area contributed by atoms with Crippen molar-refractivity contribution in [1.82, 2.24) is 9.55 Å². The molecule has 10 heteroatoms. The number of rotatable bonds is 6. The van der Waals surface area contributed by atoms with E-state index in [1.165, 1.54) is 6.07 Å². The maximum atomic E-state index is 10.8. The number of nitrogens with zero attached hydrogens (tertiary/aromatic N) is 3. The summed E-state index contributed by atoms with van der Waals surface area (Å²) in [4.78, 5) is 25.2. The third-order valence-corrected chi connectivity index (χ3v) is 3.26. The van der Waals surface area contributed by atoms with Gasteiger partial charge in [0, 0.05) is 30.8 Å². The maximum absolute atomic E-state index is 10.8. The van der Waals surface area contributed by atoms with Gasteiger partial charge < -0.3 is 15.4 Å². The number of hydrogen-bond acceptors (Lipinski definition) is 5. The molecular weight excluding hydrogens is 359 g/mol. The molecule has 0 spiro atoms. The third-order valence-electron chi connectivity index (χ3n) is 3.26. The molecular formula is C14H18Cl2N4O4. The van der Waals surface area contributed by atoms with Crippen molar-refractivity contribution in [3.63, 3.8) is 0 Å². The fourth-order valence-corrected chi connectivity index (χ4v) is 2.14. The minimum Gasteiger partial charge on any atom is -0.480 e. The van der Waals surface area contributed by atoms with Crippen molar-refractivity contribution in [2.45, 2.75) is 25.9 Å². The highest BCUT2D eigenvalue weighted by atomic mass is 35.5. The maximum Gasteiger partial charge on any atom is 0.320 e. The number of hydrogen-bond donors (Lipinski definition) is 2. The number of halogens is 2. The van der Waals surface area contributed by atoms with Crippen LogP contribution in [0.5, 0.6) is 0 Å². The van der Waals surface area contributed by atoms with E-state index in [1.54, 1.807) is 36.1 Å². The second-order valence-electron chi connectivity index (χ2n) is 5.06. The summed E-state index contributed by atoms with van der Waals surface area (Å²) in [5, 5.41) is 19.6. The summed E-state index contributed by atoms with van der Waals surface area (Å²) in [5.41, 5.74) is 7.63. The van der Waals surface area contributed by atoms with Crippen LogP contribution in [0, 0.1) is 17.0 Å². The van der Waals surface area contributed by atoms with E-state index in [4.69, 9.17) is 10.8 Å². The van der Waals surface area contributed by atoms with Gasteiger partial charge in [-0.3, -0.25) is 14.9 Å². The molecule has 132 valence electrons. The SMILES string of the molecule is Cc1cc(Cn2cnc(C[C@H](N)C(=O)O)c2)ccc1[N+](=O)[O-].Cl.Cl. The molecule has 2 aromatic rings. The zero-order chi connectivity index (χ0) is 16.3. The molecule has 2 rings (SSSR count). The number of nitro groups is 1. The zero-order valence-corrected chi connectivity index (χ0v) is 14.4. The van der Waals surface area contributed by atoms with E-state index in [9.17, 15) is 14.9 Å². The molecule has 0 aliphatic heterocycles. The predicted molar refractivity (Wildman–Crippen MR) is 93.0 cm³/mol. The van der Waals surface area contributed by atoms with Gasteiger partial charge in [0.25, 0.3) is 5.69 Å². The summed E-state index contributed by atoms with van der Waals surface area (Å²) in [6.07, 6.45) is 3.46. The molecule has 1 heterocycles. The molecule has 0 saturated heterocycles. The Morgan fingerprint density at radius 1 is 1.46 bits per heavy atom. The Hall–Kier alpha value is -2.16. The van der Waals surface area contributed by atoms with Crippen LogP contribution in [-0.2, 0) is 17.8 Å². The monoisotopic (exact) mass is 376 g/mol. The number of carboxylic acid groups (broad SMARTS) is 1. The minimum absolute atomic E-state index is 0. The summed E-state index contributed by atoms with van der Waals surface area (Å²) in [6, 6.07) is 3.93. The van der Waals surface area contributed by atoms with Crippen molar-refractivity contribution in [3.05, 3.63) is 57.7 Å². The quantitative estimate of drug-likeness (QED) is 0.586. The van der Waals surface area contributed by atoms with E-state index < -0.39 is 16.9 Å². The molecule has 0 radical (unpaired) electrons. The van der Waals surface area contributed by atoms with Gasteiger partial charge in [0.1, 0.15) is 6.04 Å². The predicted octanol–water partition coefficient (Wildman–Crippen LogP) is 1.95. The van der Waals surface area contributed by atoms with Crippen molar-refractivity contribution >= 4 is 36.5 Å². The van der Waals surface area contributed by atoms with E-state index in [2.05, 4.69) is 4.98 Å². The lowest BCUT2D eigenvalue weighted by Crippen LogP contribution is -2.32. The van der Waals surface area contributed by atoms with E-state index in [1.807, 2.05) is 0 Å². The molecule has 1 aromatic carbocycles. The van der Waals surface area contributed by atoms with Gasteiger partial charge in [-0.2, -0.15) is 0 Å². The number of nitrogens with two attached hydrogens (primary N) is 1. The molecule has 0 saturated carbocycles. The van der Waals surface area contributed by atoms with Gasteiger partial charge in [-0.25, -0.2) is 4.98 Å². The molecule has 0 fully saturated rings. The van der Waals surface area contributed by atoms with Gasteiger partial charge in [0.05, 0.1) is 16.9 Å². The van der Waals surface area contributed by atoms with Crippen LogP contribution in [0.25, 0.3) is 0 Å². The molecule has 0 aliphatic rings. The third kappa shape index (κ3) is 5.48. The lowest BCUT2D eigenvalue weighted by atomic mass is 10.1. The minimum atomic E-state index is -1.07. The lowest BCUT2D eigenvalue weighted by Gasteiger charge is -2.05. The van der Waals surface area contributed by atoms with Gasteiger partial charge in [-0.15, -0.1) is 24.8 Å². The largest absolute Gasteiger partial charge is 0.480 e. The molecule has 0 bridgehead atoms. The Labute approximate surface area is 150 Å². The lowest BCUT2D eigenvalue weighted by molar-refractivity contribution is -0.385. The van der Waals surface area contributed by atoms with Gasteiger partial charge in [-0.05, 0) is 18.6 Å². The molecule has 1 aromatic heterocycles. The van der Waals surface area contributed by atoms with Crippen LogP contribution in [0.3, 0.4) is 0 Å². The summed E-state index contributed by atoms with van der Waals surface area (Å²) in [6.45, 7) is 2.18. The van der Waals surface area contributed by atoms with E-state index in [0.29, 0.717) is 17.8 Å². The van der Waals surface area contributed by atoms with Crippen LogP contribution in [0.1, 0.15) is 16.8 Å². The Balaban J connectivity index is 0.00000264. The summed E-state index contributed by atoms with van der Waals surface area (Å²) in [7, 11) is 0. The van der Waals surface area contributed by atoms with Crippen LogP contribution in [0.15, 0.2) is 30.7 Å². The molecule has 24 heavy (non-hydrogen) atoms. The molecule has 0 unspecified atom stereocenters. The molecule has 1 atom stereocenters. The second-order valence-corrected chi connectivity index (χ2v) is 5.06. The van der Waals surface area contributed by atoms with Crippen LogP contribution in [0.4, 0.5) is 5.69 Å². The highest BCUT2D eigenvalue weighted by Crippen LogP contribution is 2.19. The first-order valence-corrected chi connectivity index (χ1v) is 6.59. The van der Waals surface area contributed by atoms with Crippen molar-refractivity contribution in [3.8, 4) is 0 Å². The fraction of sp³-hybridized carbons (Fsp3) is 0.286. The number of aliphatic carboxylic acids is 1. The van der Waals surface area contributed by atoms with Gasteiger partial charge in [-0.1, -0.05) is 6.07 Å². The van der Waals surface area contributed by atoms with Crippen LogP contribution >= 0.6 is 24.8 Å². The van der Waals surface area contributed by atoms with E-state index in [0.717, 1.165) is 5.56 Å². The van der Waals surface area contributed by atoms with E-state index >= 15 is 0 Å². The normalized spacial score (nSPS) is 11.1. The smallest absolute Gasteiger partial charge is 0.320 e. The van der Waals surface area contributed by atoms with Gasteiger partial charge in [0.15, 0.2) is 0 Å². The summed E-state index contributed by atoms with van der Waals surface area (Å²) in [5.74, 6) is -1.07. The van der Waals surface area contributed by atoms with E-state index in [-0.39, 0.29) is 36.9 Å². The Bertz CT molecular complexity index is 721. The molecule has 0 amide bonds. The average molecular weight is 377 g/mol. The Morgan fingerprint density at radius 2 is 2.12 bits per heavy atom. The number of aromatic nitrogens is 2. The number of carbonyl (C=O) groups is 1. The average Bonchev–Trinajstić information content (AvgIpc) is 2.85. The molecule has 8 nitrogen and oxygen atoms in total. The van der Waals surface area contributed by atoms with Crippen molar-refractivity contribution in [2.75, 3.05) is 0 Å². The number of carboxylic acids is 1. The van der Waals surface area contributed by atoms with Crippen LogP contribution < -0.4 is 5.73 Å². The topological polar surface area (TPSA) is 124 Å². The summed E-state index contributed by atoms with van der Waals surface area (Å²) < 4.78 is 1.78. The highest BCUT2D eigenvalue weighted by Gasteiger charge is 2.14. The second kappa shape index (κ2) is 9.21. The van der Waals surface area contributed by atoms with Crippen molar-refractivity contribution < 1.29 is 14.8 Å². The standard InChI is InChI=1S/C14H16N4O4.2ClH/c1-9-4-10(2-3-13(9)18(21)22)6-17-7-11(16-8-17)5-12(15)14(19)20;;/h2-4,7-8,12H,5-6,15H2,1H3,(H,19,20);2*1H/t12-;;/m0../s1. The van der Waals surface area contributed by atoms with Gasteiger partial charge >= 0.3 is 5.97 Å². The first kappa shape index (κ1) is 21.8. The Kier molecular flexibility index (Phi) is 8.38. The molecule has 3 N–H and O–H groups in total. The number of nitro benzene ring substituents is 1. The summed E-state index contributed by atoms with van der Waals surface area (Å²) >= 11 is 0. The zero-order valence-electron chi connectivity index (χ0n) is 12.8. The van der Waals surface area contributed by atoms with Crippen LogP contribution in [0.2, 0.25) is 0 Å².